The Morgan fingerprint density at radius 2 is 2.15 bits per heavy atom. The highest BCUT2D eigenvalue weighted by atomic mass is 16.2. The lowest BCUT2D eigenvalue weighted by molar-refractivity contribution is 0.0250. The van der Waals surface area contributed by atoms with Crippen molar-refractivity contribution in [2.75, 3.05) is 34.2 Å². The molecule has 112 valence electrons. The van der Waals surface area contributed by atoms with Gasteiger partial charge in [-0.1, -0.05) is 5.21 Å². The number of carbonyl (C=O) groups is 1. The molecule has 0 radical (unpaired) electrons. The van der Waals surface area contributed by atoms with Crippen LogP contribution in [0.4, 0.5) is 0 Å². The average molecular weight is 280 g/mol. The number of nitrogens with zero attached hydrogens (tertiary/aromatic N) is 5. The van der Waals surface area contributed by atoms with Crippen molar-refractivity contribution in [1.29, 1.82) is 0 Å². The monoisotopic (exact) mass is 280 g/mol. The summed E-state index contributed by atoms with van der Waals surface area (Å²) in [6.07, 6.45) is 5.16. The number of nitrogens with two attached hydrogens (primary N) is 1. The fourth-order valence-corrected chi connectivity index (χ4v) is 2.68. The summed E-state index contributed by atoms with van der Waals surface area (Å²) < 4.78 is 1.60. The normalized spacial score (nSPS) is 17.1. The third kappa shape index (κ3) is 2.83. The minimum atomic E-state index is -0.0820. The second kappa shape index (κ2) is 5.88. The molecule has 7 nitrogen and oxygen atoms in total. The van der Waals surface area contributed by atoms with Gasteiger partial charge in [-0.2, -0.15) is 0 Å². The van der Waals surface area contributed by atoms with Crippen LogP contribution in [0.2, 0.25) is 0 Å². The molecule has 1 amide bonds. The van der Waals surface area contributed by atoms with Gasteiger partial charge < -0.3 is 15.5 Å². The molecule has 0 bridgehead atoms. The lowest BCUT2D eigenvalue weighted by atomic mass is 9.75. The van der Waals surface area contributed by atoms with Crippen LogP contribution >= 0.6 is 0 Å². The molecule has 1 aliphatic carbocycles. The highest BCUT2D eigenvalue weighted by Gasteiger charge is 2.40. The minimum absolute atomic E-state index is 0.0820. The molecule has 2 rings (SSSR count). The van der Waals surface area contributed by atoms with E-state index in [4.69, 9.17) is 5.73 Å². The maximum atomic E-state index is 12.4. The maximum Gasteiger partial charge on any atom is 0.275 e. The van der Waals surface area contributed by atoms with Crippen LogP contribution in [-0.4, -0.2) is 70.5 Å². The fourth-order valence-electron chi connectivity index (χ4n) is 2.68. The Bertz CT molecular complexity index is 465. The van der Waals surface area contributed by atoms with Gasteiger partial charge in [0.2, 0.25) is 0 Å². The molecule has 0 aromatic carbocycles. The summed E-state index contributed by atoms with van der Waals surface area (Å²) in [5.41, 5.74) is 5.96. The first kappa shape index (κ1) is 14.9. The summed E-state index contributed by atoms with van der Waals surface area (Å²) in [6.45, 7) is 1.78. The van der Waals surface area contributed by atoms with Gasteiger partial charge in [0.25, 0.3) is 5.91 Å². The zero-order valence-corrected chi connectivity index (χ0v) is 12.5. The summed E-state index contributed by atoms with van der Waals surface area (Å²) in [5, 5.41) is 7.83. The van der Waals surface area contributed by atoms with Gasteiger partial charge >= 0.3 is 0 Å². The van der Waals surface area contributed by atoms with Crippen molar-refractivity contribution >= 4 is 5.91 Å². The SMILES string of the molecule is CN(CC1(N(C)C)CCC1)C(=O)c1cn(CCN)nn1. The first-order valence-corrected chi connectivity index (χ1v) is 7.01. The molecule has 20 heavy (non-hydrogen) atoms. The zero-order valence-electron chi connectivity index (χ0n) is 12.5. The van der Waals surface area contributed by atoms with Crippen LogP contribution in [0, 0.1) is 0 Å². The molecule has 1 aliphatic rings. The number of likely N-dealkylation sites (N-methyl/N-ethyl adjacent to an activating group) is 2. The summed E-state index contributed by atoms with van der Waals surface area (Å²) in [6, 6.07) is 0. The van der Waals surface area contributed by atoms with Crippen LogP contribution in [0.1, 0.15) is 29.8 Å². The van der Waals surface area contributed by atoms with Crippen LogP contribution < -0.4 is 5.73 Å². The highest BCUT2D eigenvalue weighted by molar-refractivity contribution is 5.91. The first-order valence-electron chi connectivity index (χ1n) is 7.01. The Morgan fingerprint density at radius 1 is 1.45 bits per heavy atom. The van der Waals surface area contributed by atoms with E-state index in [9.17, 15) is 4.79 Å². The molecule has 0 unspecified atom stereocenters. The van der Waals surface area contributed by atoms with Gasteiger partial charge in [-0.25, -0.2) is 0 Å². The molecule has 0 spiro atoms. The third-order valence-corrected chi connectivity index (χ3v) is 4.23. The van der Waals surface area contributed by atoms with Gasteiger partial charge in [0.1, 0.15) is 0 Å². The van der Waals surface area contributed by atoms with Crippen molar-refractivity contribution in [3.63, 3.8) is 0 Å². The van der Waals surface area contributed by atoms with Gasteiger partial charge in [-0.3, -0.25) is 9.48 Å². The second-order valence-electron chi connectivity index (χ2n) is 5.79. The van der Waals surface area contributed by atoms with E-state index < -0.39 is 0 Å². The smallest absolute Gasteiger partial charge is 0.275 e. The Hall–Kier alpha value is -1.47. The topological polar surface area (TPSA) is 80.3 Å². The fraction of sp³-hybridized carbons (Fsp3) is 0.769. The molecular formula is C13H24N6O. The van der Waals surface area contributed by atoms with Gasteiger partial charge in [0.05, 0.1) is 12.7 Å². The standard InChI is InChI=1S/C13H24N6O/c1-17(2)13(5-4-6-13)10-18(3)12(20)11-9-19(8-7-14)16-15-11/h9H,4-8,10,14H2,1-3H3. The van der Waals surface area contributed by atoms with E-state index in [1.54, 1.807) is 15.8 Å². The lowest BCUT2D eigenvalue weighted by Gasteiger charge is -2.49. The van der Waals surface area contributed by atoms with Crippen LogP contribution in [0.15, 0.2) is 6.20 Å². The maximum absolute atomic E-state index is 12.4. The molecule has 1 aromatic heterocycles. The molecule has 0 saturated heterocycles. The number of amides is 1. The summed E-state index contributed by atoms with van der Waals surface area (Å²) >= 11 is 0. The summed E-state index contributed by atoms with van der Waals surface area (Å²) in [5.74, 6) is -0.0820. The first-order chi connectivity index (χ1) is 9.48. The summed E-state index contributed by atoms with van der Waals surface area (Å²) in [4.78, 5) is 16.3. The molecule has 1 aromatic rings. The van der Waals surface area contributed by atoms with Crippen molar-refractivity contribution in [2.45, 2.75) is 31.3 Å². The van der Waals surface area contributed by atoms with E-state index in [0.29, 0.717) is 18.8 Å². The van der Waals surface area contributed by atoms with Gasteiger partial charge in [0.15, 0.2) is 5.69 Å². The third-order valence-electron chi connectivity index (χ3n) is 4.23. The molecule has 1 saturated carbocycles. The Labute approximate surface area is 119 Å². The van der Waals surface area contributed by atoms with E-state index in [2.05, 4.69) is 29.3 Å². The quantitative estimate of drug-likeness (QED) is 0.780. The number of hydrogen-bond donors (Lipinski definition) is 1. The zero-order chi connectivity index (χ0) is 14.8. The highest BCUT2D eigenvalue weighted by Crippen LogP contribution is 2.36. The predicted molar refractivity (Wildman–Crippen MR) is 76.3 cm³/mol. The molecule has 7 heteroatoms. The second-order valence-corrected chi connectivity index (χ2v) is 5.79. The van der Waals surface area contributed by atoms with Crippen LogP contribution in [0.5, 0.6) is 0 Å². The van der Waals surface area contributed by atoms with E-state index in [-0.39, 0.29) is 11.4 Å². The van der Waals surface area contributed by atoms with Gasteiger partial charge in [0, 0.05) is 25.7 Å². The average Bonchev–Trinajstić information content (AvgIpc) is 2.81. The van der Waals surface area contributed by atoms with Gasteiger partial charge in [-0.15, -0.1) is 5.10 Å². The number of aromatic nitrogens is 3. The number of rotatable bonds is 6. The lowest BCUT2D eigenvalue weighted by Crippen LogP contribution is -2.57. The molecule has 1 fully saturated rings. The largest absolute Gasteiger partial charge is 0.338 e. The molecule has 0 atom stereocenters. The van der Waals surface area contributed by atoms with E-state index in [1.807, 2.05) is 7.05 Å². The van der Waals surface area contributed by atoms with Crippen molar-refractivity contribution < 1.29 is 4.79 Å². The van der Waals surface area contributed by atoms with Crippen molar-refractivity contribution in [2.24, 2.45) is 5.73 Å². The summed E-state index contributed by atoms with van der Waals surface area (Å²) in [7, 11) is 5.98. The van der Waals surface area contributed by atoms with Crippen molar-refractivity contribution in [3.05, 3.63) is 11.9 Å². The Balaban J connectivity index is 2.00. The Kier molecular flexibility index (Phi) is 4.39. The minimum Gasteiger partial charge on any atom is -0.338 e. The van der Waals surface area contributed by atoms with Crippen LogP contribution in [0.25, 0.3) is 0 Å². The Morgan fingerprint density at radius 3 is 2.65 bits per heavy atom. The molecular weight excluding hydrogens is 256 g/mol. The van der Waals surface area contributed by atoms with Crippen molar-refractivity contribution in [3.8, 4) is 0 Å². The van der Waals surface area contributed by atoms with E-state index in [1.165, 1.54) is 6.42 Å². The van der Waals surface area contributed by atoms with Crippen LogP contribution in [0.3, 0.4) is 0 Å². The van der Waals surface area contributed by atoms with E-state index in [0.717, 1.165) is 19.4 Å². The molecule has 2 N–H and O–H groups in total. The predicted octanol–water partition coefficient (Wildman–Crippen LogP) is -0.207. The number of carbonyl (C=O) groups excluding carboxylic acids is 1. The van der Waals surface area contributed by atoms with Crippen LogP contribution in [-0.2, 0) is 6.54 Å². The number of hydrogen-bond acceptors (Lipinski definition) is 5. The van der Waals surface area contributed by atoms with Gasteiger partial charge in [-0.05, 0) is 33.4 Å². The van der Waals surface area contributed by atoms with Crippen molar-refractivity contribution in [1.82, 2.24) is 24.8 Å². The molecule has 0 aliphatic heterocycles. The van der Waals surface area contributed by atoms with E-state index >= 15 is 0 Å². The molecule has 1 heterocycles.